The largest absolute Gasteiger partial charge is 0.340 e. The average Bonchev–Trinajstić information content (AvgIpc) is 2.73. The maximum Gasteiger partial charge on any atom is 0.225 e. The van der Waals surface area contributed by atoms with E-state index in [9.17, 15) is 0 Å². The van der Waals surface area contributed by atoms with Gasteiger partial charge in [0.1, 0.15) is 0 Å². The molecule has 1 aliphatic heterocycles. The fraction of sp³-hybridized carbons (Fsp3) is 0.667. The predicted molar refractivity (Wildman–Crippen MR) is 67.4 cm³/mol. The Kier molecular flexibility index (Phi) is 2.84. The van der Waals surface area contributed by atoms with Gasteiger partial charge in [0.05, 0.1) is 4.47 Å². The molecule has 0 radical (unpaired) electrons. The van der Waals surface area contributed by atoms with Crippen molar-refractivity contribution in [2.45, 2.75) is 25.7 Å². The van der Waals surface area contributed by atoms with E-state index in [0.717, 1.165) is 35.3 Å². The van der Waals surface area contributed by atoms with Crippen LogP contribution in [0.1, 0.15) is 25.7 Å². The number of fused-ring (bicyclic) bond motifs is 1. The number of halogens is 1. The highest BCUT2D eigenvalue weighted by Crippen LogP contribution is 2.37. The van der Waals surface area contributed by atoms with E-state index in [0.29, 0.717) is 0 Å². The number of anilines is 1. The highest BCUT2D eigenvalue weighted by Gasteiger charge is 2.35. The van der Waals surface area contributed by atoms with Gasteiger partial charge in [-0.1, -0.05) is 12.8 Å². The number of aromatic nitrogens is 2. The summed E-state index contributed by atoms with van der Waals surface area (Å²) in [6.45, 7) is 2.32. The summed E-state index contributed by atoms with van der Waals surface area (Å²) < 4.78 is 0.952. The normalized spacial score (nSPS) is 29.2. The van der Waals surface area contributed by atoms with Crippen molar-refractivity contribution in [1.82, 2.24) is 9.97 Å². The number of hydrogen-bond acceptors (Lipinski definition) is 3. The highest BCUT2D eigenvalue weighted by atomic mass is 79.9. The van der Waals surface area contributed by atoms with Crippen LogP contribution in [0.15, 0.2) is 16.9 Å². The Balaban J connectivity index is 1.75. The second-order valence-corrected chi connectivity index (χ2v) is 5.83. The van der Waals surface area contributed by atoms with Gasteiger partial charge in [-0.2, -0.15) is 0 Å². The van der Waals surface area contributed by atoms with E-state index in [-0.39, 0.29) is 0 Å². The Bertz CT molecular complexity index is 351. The third-order valence-corrected chi connectivity index (χ3v) is 4.28. The van der Waals surface area contributed by atoms with Crippen molar-refractivity contribution in [2.75, 3.05) is 18.0 Å². The molecule has 0 spiro atoms. The van der Waals surface area contributed by atoms with Gasteiger partial charge in [-0.3, -0.25) is 0 Å². The first-order valence-electron chi connectivity index (χ1n) is 6.05. The van der Waals surface area contributed by atoms with Gasteiger partial charge in [0.2, 0.25) is 5.95 Å². The Morgan fingerprint density at radius 1 is 1.06 bits per heavy atom. The van der Waals surface area contributed by atoms with Crippen molar-refractivity contribution in [3.05, 3.63) is 16.9 Å². The van der Waals surface area contributed by atoms with E-state index in [4.69, 9.17) is 0 Å². The Morgan fingerprint density at radius 2 is 1.62 bits per heavy atom. The Hall–Kier alpha value is -0.640. The minimum Gasteiger partial charge on any atom is -0.340 e. The zero-order valence-corrected chi connectivity index (χ0v) is 10.9. The second kappa shape index (κ2) is 4.32. The summed E-state index contributed by atoms with van der Waals surface area (Å²) in [7, 11) is 0. The Labute approximate surface area is 104 Å². The molecule has 1 saturated carbocycles. The van der Waals surface area contributed by atoms with Crippen LogP contribution < -0.4 is 4.90 Å². The number of nitrogens with zero attached hydrogens (tertiary/aromatic N) is 3. The summed E-state index contributed by atoms with van der Waals surface area (Å²) in [5, 5.41) is 0. The molecule has 0 amide bonds. The molecular weight excluding hydrogens is 266 g/mol. The smallest absolute Gasteiger partial charge is 0.225 e. The van der Waals surface area contributed by atoms with Gasteiger partial charge >= 0.3 is 0 Å². The summed E-state index contributed by atoms with van der Waals surface area (Å²) in [5.41, 5.74) is 0. The lowest BCUT2D eigenvalue weighted by molar-refractivity contribution is 0.299. The zero-order chi connectivity index (χ0) is 11.0. The Morgan fingerprint density at radius 3 is 2.19 bits per heavy atom. The molecule has 2 fully saturated rings. The van der Waals surface area contributed by atoms with Gasteiger partial charge in [0, 0.05) is 25.5 Å². The molecule has 1 aromatic rings. The molecule has 4 heteroatoms. The molecule has 2 aliphatic rings. The van der Waals surface area contributed by atoms with Crippen molar-refractivity contribution in [3.8, 4) is 0 Å². The van der Waals surface area contributed by atoms with Crippen LogP contribution in [0.3, 0.4) is 0 Å². The molecule has 0 N–H and O–H groups in total. The molecule has 0 bridgehead atoms. The van der Waals surface area contributed by atoms with Crippen LogP contribution in [0.2, 0.25) is 0 Å². The van der Waals surface area contributed by atoms with Crippen molar-refractivity contribution >= 4 is 21.9 Å². The van der Waals surface area contributed by atoms with Gasteiger partial charge < -0.3 is 4.90 Å². The van der Waals surface area contributed by atoms with E-state index in [1.807, 2.05) is 12.4 Å². The van der Waals surface area contributed by atoms with Gasteiger partial charge in [-0.15, -0.1) is 0 Å². The maximum absolute atomic E-state index is 4.39. The summed E-state index contributed by atoms with van der Waals surface area (Å²) >= 11 is 3.37. The lowest BCUT2D eigenvalue weighted by atomic mass is 9.82. The monoisotopic (exact) mass is 281 g/mol. The molecule has 0 aromatic carbocycles. The van der Waals surface area contributed by atoms with Crippen LogP contribution >= 0.6 is 15.9 Å². The standard InChI is InChI=1S/C12H16BrN3/c13-11-5-14-12(15-6-11)16-7-9-3-1-2-4-10(9)8-16/h5-6,9-10H,1-4,7-8H2. The number of rotatable bonds is 1. The molecule has 1 aromatic heterocycles. The van der Waals surface area contributed by atoms with Gasteiger partial charge in [0.25, 0.3) is 0 Å². The molecule has 1 saturated heterocycles. The second-order valence-electron chi connectivity index (χ2n) is 4.91. The lowest BCUT2D eigenvalue weighted by Crippen LogP contribution is -2.22. The molecule has 2 heterocycles. The van der Waals surface area contributed by atoms with E-state index >= 15 is 0 Å². The molecule has 2 unspecified atom stereocenters. The predicted octanol–water partition coefficient (Wildman–Crippen LogP) is 2.87. The van der Waals surface area contributed by atoms with Crippen LogP contribution in [0.5, 0.6) is 0 Å². The van der Waals surface area contributed by atoms with Gasteiger partial charge in [0.15, 0.2) is 0 Å². The van der Waals surface area contributed by atoms with Crippen LogP contribution in [-0.2, 0) is 0 Å². The fourth-order valence-corrected chi connectivity index (χ4v) is 3.24. The van der Waals surface area contributed by atoms with Crippen molar-refractivity contribution < 1.29 is 0 Å². The molecule has 2 atom stereocenters. The average molecular weight is 282 g/mol. The lowest BCUT2D eigenvalue weighted by Gasteiger charge is -2.22. The van der Waals surface area contributed by atoms with E-state index in [1.54, 1.807) is 0 Å². The first kappa shape index (κ1) is 10.5. The van der Waals surface area contributed by atoms with Gasteiger partial charge in [-0.25, -0.2) is 9.97 Å². The summed E-state index contributed by atoms with van der Waals surface area (Å²) in [4.78, 5) is 11.1. The van der Waals surface area contributed by atoms with E-state index in [2.05, 4.69) is 30.8 Å². The highest BCUT2D eigenvalue weighted by molar-refractivity contribution is 9.10. The maximum atomic E-state index is 4.39. The molecular formula is C12H16BrN3. The van der Waals surface area contributed by atoms with E-state index < -0.39 is 0 Å². The summed E-state index contributed by atoms with van der Waals surface area (Å²) in [5.74, 6) is 2.68. The van der Waals surface area contributed by atoms with Crippen LogP contribution in [-0.4, -0.2) is 23.1 Å². The zero-order valence-electron chi connectivity index (χ0n) is 9.27. The SMILES string of the molecule is Brc1cnc(N2CC3CCCCC3C2)nc1. The topological polar surface area (TPSA) is 29.0 Å². The number of hydrogen-bond donors (Lipinski definition) is 0. The van der Waals surface area contributed by atoms with Crippen molar-refractivity contribution in [2.24, 2.45) is 11.8 Å². The molecule has 16 heavy (non-hydrogen) atoms. The van der Waals surface area contributed by atoms with Crippen molar-refractivity contribution in [1.29, 1.82) is 0 Å². The van der Waals surface area contributed by atoms with Crippen LogP contribution in [0.4, 0.5) is 5.95 Å². The minimum absolute atomic E-state index is 0.890. The van der Waals surface area contributed by atoms with Gasteiger partial charge in [-0.05, 0) is 40.6 Å². The van der Waals surface area contributed by atoms with Crippen LogP contribution in [0.25, 0.3) is 0 Å². The third kappa shape index (κ3) is 1.95. The summed E-state index contributed by atoms with van der Waals surface area (Å²) in [6.07, 6.45) is 9.30. The summed E-state index contributed by atoms with van der Waals surface area (Å²) in [6, 6.07) is 0. The molecule has 86 valence electrons. The van der Waals surface area contributed by atoms with E-state index in [1.165, 1.54) is 25.7 Å². The quantitative estimate of drug-likeness (QED) is 0.793. The molecule has 3 rings (SSSR count). The van der Waals surface area contributed by atoms with Crippen LogP contribution in [0, 0.1) is 11.8 Å². The van der Waals surface area contributed by atoms with Crippen molar-refractivity contribution in [3.63, 3.8) is 0 Å². The minimum atomic E-state index is 0.890. The first-order chi connectivity index (χ1) is 7.83. The third-order valence-electron chi connectivity index (χ3n) is 3.87. The fourth-order valence-electron chi connectivity index (χ4n) is 3.04. The molecule has 3 nitrogen and oxygen atoms in total. The molecule has 1 aliphatic carbocycles. The first-order valence-corrected chi connectivity index (χ1v) is 6.85.